The van der Waals surface area contributed by atoms with E-state index in [4.69, 9.17) is 18.9 Å². The molecule has 3 fully saturated rings. The van der Waals surface area contributed by atoms with Crippen LogP contribution in [0.25, 0.3) is 11.1 Å². The lowest BCUT2D eigenvalue weighted by Crippen LogP contribution is -2.50. The second-order valence-electron chi connectivity index (χ2n) is 14.1. The summed E-state index contributed by atoms with van der Waals surface area (Å²) in [6.45, 7) is 8.72. The van der Waals surface area contributed by atoms with Gasteiger partial charge in [-0.05, 0) is 40.7 Å². The fourth-order valence-corrected chi connectivity index (χ4v) is 7.35. The first-order chi connectivity index (χ1) is 24.8. The van der Waals surface area contributed by atoms with E-state index in [1.165, 1.54) is 6.92 Å². The van der Waals surface area contributed by atoms with Crippen molar-refractivity contribution in [2.24, 2.45) is 5.92 Å². The van der Waals surface area contributed by atoms with Crippen molar-refractivity contribution in [2.75, 3.05) is 39.4 Å². The highest BCUT2D eigenvalue weighted by atomic mass is 16.7. The van der Waals surface area contributed by atoms with Crippen LogP contribution in [0.15, 0.2) is 72.8 Å². The number of rotatable bonds is 14. The van der Waals surface area contributed by atoms with Crippen molar-refractivity contribution in [1.82, 2.24) is 15.5 Å². The van der Waals surface area contributed by atoms with Gasteiger partial charge in [0.2, 0.25) is 11.8 Å². The Morgan fingerprint density at radius 2 is 1.57 bits per heavy atom. The van der Waals surface area contributed by atoms with Gasteiger partial charge in [-0.3, -0.25) is 9.59 Å². The standard InChI is InChI=1S/C41H53N3O7/c1-29-37(27-44-22-19-41(20-23-44)48-24-25-49-41)50-40(51-39(29)33-13-11-31(28-45)12-14-33)34-17-15-32(16-18-34)36-9-6-5-8-35(36)26-43-38(47)10-4-3-7-21-42-30(2)46/h5-6,8-9,11-18,29,37,39-40,45H,3-4,7,10,19-28H2,1-2H3,(H,42,46)(H,43,47)/t29-,37+,39+,40+/m1/s1. The fraction of sp³-hybridized carbons (Fsp3) is 0.512. The van der Waals surface area contributed by atoms with Gasteiger partial charge in [-0.15, -0.1) is 0 Å². The van der Waals surface area contributed by atoms with Gasteiger partial charge in [-0.25, -0.2) is 0 Å². The minimum Gasteiger partial charge on any atom is -0.392 e. The lowest BCUT2D eigenvalue weighted by atomic mass is 9.89. The smallest absolute Gasteiger partial charge is 0.220 e. The number of hydrogen-bond acceptors (Lipinski definition) is 8. The van der Waals surface area contributed by atoms with Gasteiger partial charge in [0, 0.05) is 70.4 Å². The van der Waals surface area contributed by atoms with Gasteiger partial charge < -0.3 is 39.6 Å². The second kappa shape index (κ2) is 17.7. The predicted octanol–water partition coefficient (Wildman–Crippen LogP) is 5.79. The molecular formula is C41H53N3O7. The summed E-state index contributed by atoms with van der Waals surface area (Å²) in [5, 5.41) is 15.5. The normalized spacial score (nSPS) is 23.3. The van der Waals surface area contributed by atoms with E-state index < -0.39 is 12.1 Å². The molecule has 3 aromatic carbocycles. The number of hydrogen-bond donors (Lipinski definition) is 3. The van der Waals surface area contributed by atoms with Gasteiger partial charge in [-0.1, -0.05) is 86.1 Å². The molecule has 2 amide bonds. The van der Waals surface area contributed by atoms with Gasteiger partial charge >= 0.3 is 0 Å². The van der Waals surface area contributed by atoms with Crippen LogP contribution in [0.2, 0.25) is 0 Å². The van der Waals surface area contributed by atoms with Gasteiger partial charge in [-0.2, -0.15) is 0 Å². The average Bonchev–Trinajstić information content (AvgIpc) is 3.62. The Kier molecular flexibility index (Phi) is 12.9. The van der Waals surface area contributed by atoms with Crippen LogP contribution in [0.3, 0.4) is 0 Å². The molecule has 1 spiro atoms. The first kappa shape index (κ1) is 37.1. The molecule has 0 unspecified atom stereocenters. The van der Waals surface area contributed by atoms with Crippen molar-refractivity contribution in [3.63, 3.8) is 0 Å². The number of nitrogens with one attached hydrogen (secondary N) is 2. The highest BCUT2D eigenvalue weighted by Gasteiger charge is 2.43. The Morgan fingerprint density at radius 1 is 0.863 bits per heavy atom. The molecule has 3 N–H and O–H groups in total. The van der Waals surface area contributed by atoms with Crippen molar-refractivity contribution in [3.05, 3.63) is 95.1 Å². The van der Waals surface area contributed by atoms with E-state index in [2.05, 4.69) is 71.0 Å². The molecule has 3 aromatic rings. The number of amides is 2. The van der Waals surface area contributed by atoms with E-state index in [1.54, 1.807) is 0 Å². The van der Waals surface area contributed by atoms with E-state index >= 15 is 0 Å². The first-order valence-electron chi connectivity index (χ1n) is 18.5. The van der Waals surface area contributed by atoms with E-state index in [-0.39, 0.29) is 36.5 Å². The minimum absolute atomic E-state index is 0.00354. The maximum absolute atomic E-state index is 12.6. The average molecular weight is 700 g/mol. The summed E-state index contributed by atoms with van der Waals surface area (Å²) in [6, 6.07) is 24.5. The highest BCUT2D eigenvalue weighted by Crippen LogP contribution is 2.43. The van der Waals surface area contributed by atoms with Gasteiger partial charge in [0.25, 0.3) is 0 Å². The van der Waals surface area contributed by atoms with E-state index in [0.29, 0.717) is 32.7 Å². The zero-order valence-electron chi connectivity index (χ0n) is 30.0. The zero-order valence-corrected chi connectivity index (χ0v) is 30.0. The Balaban J connectivity index is 1.11. The van der Waals surface area contributed by atoms with E-state index in [0.717, 1.165) is 85.1 Å². The number of carbonyl (C=O) groups is 2. The number of carbonyl (C=O) groups excluding carboxylic acids is 2. The first-order valence-corrected chi connectivity index (χ1v) is 18.5. The van der Waals surface area contributed by atoms with Crippen molar-refractivity contribution in [1.29, 1.82) is 0 Å². The third kappa shape index (κ3) is 9.83. The summed E-state index contributed by atoms with van der Waals surface area (Å²) in [7, 11) is 0. The summed E-state index contributed by atoms with van der Waals surface area (Å²) < 4.78 is 25.4. The lowest BCUT2D eigenvalue weighted by Gasteiger charge is -2.44. The van der Waals surface area contributed by atoms with Crippen molar-refractivity contribution in [3.8, 4) is 11.1 Å². The summed E-state index contributed by atoms with van der Waals surface area (Å²) in [4.78, 5) is 26.1. The molecule has 0 saturated carbocycles. The van der Waals surface area contributed by atoms with Gasteiger partial charge in [0.15, 0.2) is 12.1 Å². The van der Waals surface area contributed by atoms with Crippen LogP contribution < -0.4 is 10.6 Å². The van der Waals surface area contributed by atoms with Crippen LogP contribution in [-0.2, 0) is 41.7 Å². The molecule has 10 heteroatoms. The molecule has 51 heavy (non-hydrogen) atoms. The van der Waals surface area contributed by atoms with Crippen molar-refractivity contribution in [2.45, 2.75) is 89.8 Å². The highest BCUT2D eigenvalue weighted by molar-refractivity contribution is 5.76. The number of piperidine rings is 1. The summed E-state index contributed by atoms with van der Waals surface area (Å²) in [6.07, 6.45) is 3.93. The molecule has 3 aliphatic rings. The Hall–Kier alpha value is -3.64. The van der Waals surface area contributed by atoms with Crippen molar-refractivity contribution < 1.29 is 33.6 Å². The molecule has 0 aromatic heterocycles. The zero-order chi connectivity index (χ0) is 35.6. The topological polar surface area (TPSA) is 119 Å². The predicted molar refractivity (Wildman–Crippen MR) is 194 cm³/mol. The number of aliphatic hydroxyl groups is 1. The molecule has 274 valence electrons. The number of unbranched alkanes of at least 4 members (excludes halogenated alkanes) is 2. The summed E-state index contributed by atoms with van der Waals surface area (Å²) in [5.41, 5.74) is 6.05. The molecule has 0 bridgehead atoms. The molecule has 10 nitrogen and oxygen atoms in total. The second-order valence-corrected chi connectivity index (χ2v) is 14.1. The number of nitrogens with zero attached hydrogens (tertiary/aromatic N) is 1. The monoisotopic (exact) mass is 699 g/mol. The van der Waals surface area contributed by atoms with Crippen LogP contribution in [0.1, 0.15) is 87.0 Å². The van der Waals surface area contributed by atoms with Gasteiger partial charge in [0.05, 0.1) is 32.0 Å². The largest absolute Gasteiger partial charge is 0.392 e. The molecular weight excluding hydrogens is 646 g/mol. The number of benzene rings is 3. The molecule has 6 rings (SSSR count). The van der Waals surface area contributed by atoms with E-state index in [1.807, 2.05) is 24.3 Å². The van der Waals surface area contributed by atoms with Crippen LogP contribution in [0.5, 0.6) is 0 Å². The summed E-state index contributed by atoms with van der Waals surface area (Å²) in [5.74, 6) is -0.315. The lowest BCUT2D eigenvalue weighted by molar-refractivity contribution is -0.278. The van der Waals surface area contributed by atoms with Crippen LogP contribution in [-0.4, -0.2) is 73.1 Å². The Morgan fingerprint density at radius 3 is 2.27 bits per heavy atom. The minimum atomic E-state index is -0.548. The van der Waals surface area contributed by atoms with Gasteiger partial charge in [0.1, 0.15) is 0 Å². The molecule has 3 aliphatic heterocycles. The molecule has 0 aliphatic carbocycles. The maximum Gasteiger partial charge on any atom is 0.220 e. The molecule has 3 heterocycles. The van der Waals surface area contributed by atoms with Crippen LogP contribution in [0.4, 0.5) is 0 Å². The van der Waals surface area contributed by atoms with E-state index in [9.17, 15) is 14.7 Å². The van der Waals surface area contributed by atoms with Crippen LogP contribution in [0, 0.1) is 5.92 Å². The van der Waals surface area contributed by atoms with Crippen molar-refractivity contribution >= 4 is 11.8 Å². The SMILES string of the molecule is CC(=O)NCCCCCC(=O)NCc1ccccc1-c1ccc([C@H]2O[C@@H](CN3CCC4(CC3)OCCO4)[C@@H](C)[C@@H](c3ccc(CO)cc3)O2)cc1. The third-order valence-corrected chi connectivity index (χ3v) is 10.4. The molecule has 0 radical (unpaired) electrons. The Labute approximate surface area is 301 Å². The maximum atomic E-state index is 12.6. The Bertz CT molecular complexity index is 1560. The number of aliphatic hydroxyl groups excluding tert-OH is 1. The van der Waals surface area contributed by atoms with Crippen LogP contribution >= 0.6 is 0 Å². The molecule has 4 atom stereocenters. The fourth-order valence-electron chi connectivity index (χ4n) is 7.35. The summed E-state index contributed by atoms with van der Waals surface area (Å²) >= 11 is 0. The quantitative estimate of drug-likeness (QED) is 0.181. The number of likely N-dealkylation sites (tertiary alicyclic amines) is 1. The third-order valence-electron chi connectivity index (χ3n) is 10.4. The number of ether oxygens (including phenoxy) is 4. The molecule has 3 saturated heterocycles.